The lowest BCUT2D eigenvalue weighted by Gasteiger charge is -2.07. The van der Waals surface area contributed by atoms with Gasteiger partial charge in [0.15, 0.2) is 10.3 Å². The van der Waals surface area contributed by atoms with Crippen LogP contribution in [0, 0.1) is 9.54 Å². The summed E-state index contributed by atoms with van der Waals surface area (Å²) in [6, 6.07) is 19.6. The molecular formula is C26H30N8O2S4. The summed E-state index contributed by atoms with van der Waals surface area (Å²) in [5, 5.41) is 8.00. The summed E-state index contributed by atoms with van der Waals surface area (Å²) in [4.78, 5) is 23.1. The lowest BCUT2D eigenvalue weighted by atomic mass is 10.2. The molecule has 2 aromatic carbocycles. The smallest absolute Gasteiger partial charge is 0.303 e. The quantitative estimate of drug-likeness (QED) is 0.0449. The summed E-state index contributed by atoms with van der Waals surface area (Å²) in [6.07, 6.45) is 4.53. The van der Waals surface area contributed by atoms with Crippen LogP contribution >= 0.6 is 48.0 Å². The van der Waals surface area contributed by atoms with Gasteiger partial charge in [-0.1, -0.05) is 72.8 Å². The molecule has 210 valence electrons. The highest BCUT2D eigenvalue weighted by Gasteiger charge is 2.06. The fourth-order valence-electron chi connectivity index (χ4n) is 3.35. The van der Waals surface area contributed by atoms with Crippen molar-refractivity contribution in [2.24, 2.45) is 0 Å². The maximum atomic E-state index is 5.73. The first-order chi connectivity index (χ1) is 19.6. The van der Waals surface area contributed by atoms with E-state index in [1.165, 1.54) is 23.5 Å². The molecule has 0 atom stereocenters. The summed E-state index contributed by atoms with van der Waals surface area (Å²) in [7, 11) is 0. The number of para-hydroxylation sites is 2. The van der Waals surface area contributed by atoms with Crippen LogP contribution in [0.1, 0.15) is 25.7 Å². The number of unbranched alkanes of at least 4 members (excludes halogenated alkanes) is 3. The Morgan fingerprint density at radius 3 is 1.45 bits per heavy atom. The molecule has 0 aliphatic rings. The van der Waals surface area contributed by atoms with E-state index in [-0.39, 0.29) is 0 Å². The Hall–Kier alpha value is -2.88. The van der Waals surface area contributed by atoms with Gasteiger partial charge in [-0.15, -0.1) is 0 Å². The van der Waals surface area contributed by atoms with Gasteiger partial charge in [0.05, 0.1) is 0 Å². The monoisotopic (exact) mass is 614 g/mol. The minimum Gasteiger partial charge on any atom is -0.426 e. The number of hydrogen-bond acceptors (Lipinski definition) is 12. The number of thioether (sulfide) groups is 2. The van der Waals surface area contributed by atoms with Gasteiger partial charge in [0.2, 0.25) is 9.54 Å². The molecule has 2 aromatic heterocycles. The summed E-state index contributed by atoms with van der Waals surface area (Å²) >= 11 is 13.4. The van der Waals surface area contributed by atoms with E-state index in [9.17, 15) is 0 Å². The van der Waals surface area contributed by atoms with E-state index >= 15 is 0 Å². The molecule has 0 aliphatic heterocycles. The molecule has 4 N–H and O–H groups in total. The van der Waals surface area contributed by atoms with Crippen LogP contribution in [0.4, 0.5) is 0 Å². The zero-order valence-corrected chi connectivity index (χ0v) is 24.9. The molecule has 0 radical (unpaired) electrons. The third kappa shape index (κ3) is 11.3. The molecule has 2 heterocycles. The van der Waals surface area contributed by atoms with Crippen LogP contribution in [0.25, 0.3) is 0 Å². The molecule has 10 nitrogen and oxygen atoms in total. The molecule has 0 bridgehead atoms. The van der Waals surface area contributed by atoms with Gasteiger partial charge in [-0.25, -0.2) is 0 Å². The largest absolute Gasteiger partial charge is 0.426 e. The lowest BCUT2D eigenvalue weighted by molar-refractivity contribution is 0.430. The van der Waals surface area contributed by atoms with Crippen molar-refractivity contribution in [1.29, 1.82) is 0 Å². The van der Waals surface area contributed by atoms with Crippen molar-refractivity contribution in [3.05, 3.63) is 70.2 Å². The van der Waals surface area contributed by atoms with Gasteiger partial charge in [0, 0.05) is 11.8 Å². The van der Waals surface area contributed by atoms with Gasteiger partial charge >= 0.3 is 12.0 Å². The number of aromatic nitrogens is 6. The number of H-pyrrole nitrogens is 2. The summed E-state index contributed by atoms with van der Waals surface area (Å²) < 4.78 is 12.1. The maximum absolute atomic E-state index is 5.73. The zero-order valence-electron chi connectivity index (χ0n) is 21.7. The molecule has 4 rings (SSSR count). The number of rotatable bonds is 17. The topological polar surface area (TPSA) is 126 Å². The third-order valence-electron chi connectivity index (χ3n) is 5.20. The van der Waals surface area contributed by atoms with Crippen LogP contribution in [0.3, 0.4) is 0 Å². The predicted molar refractivity (Wildman–Crippen MR) is 163 cm³/mol. The van der Waals surface area contributed by atoms with Crippen molar-refractivity contribution in [3.8, 4) is 23.5 Å². The SMILES string of the molecule is S=c1nc(SCNCCCCCCNCSc2nc(Oc3ccccc3)[nH]c(=S)n2)nc(Oc2ccccc2)[nH]1. The average Bonchev–Trinajstić information content (AvgIpc) is 2.94. The van der Waals surface area contributed by atoms with Gasteiger partial charge in [-0.05, 0) is 74.6 Å². The van der Waals surface area contributed by atoms with Crippen LogP contribution in [0.2, 0.25) is 0 Å². The van der Waals surface area contributed by atoms with Crippen molar-refractivity contribution >= 4 is 48.0 Å². The first kappa shape index (κ1) is 30.1. The molecule has 0 spiro atoms. The zero-order chi connectivity index (χ0) is 27.8. The van der Waals surface area contributed by atoms with Gasteiger partial charge in [0.1, 0.15) is 11.5 Å². The van der Waals surface area contributed by atoms with Crippen molar-refractivity contribution < 1.29 is 9.47 Å². The van der Waals surface area contributed by atoms with Crippen molar-refractivity contribution in [2.75, 3.05) is 24.8 Å². The fraction of sp³-hybridized carbons (Fsp3) is 0.308. The number of hydrogen-bond donors (Lipinski definition) is 4. The van der Waals surface area contributed by atoms with Crippen molar-refractivity contribution in [1.82, 2.24) is 40.5 Å². The van der Waals surface area contributed by atoms with Crippen LogP contribution in [-0.4, -0.2) is 54.7 Å². The third-order valence-corrected chi connectivity index (χ3v) is 7.16. The first-order valence-electron chi connectivity index (χ1n) is 12.7. The predicted octanol–water partition coefficient (Wildman–Crippen LogP) is 6.51. The lowest BCUT2D eigenvalue weighted by Crippen LogP contribution is -2.16. The molecule has 0 aliphatic carbocycles. The average molecular weight is 615 g/mol. The Morgan fingerprint density at radius 2 is 1.02 bits per heavy atom. The normalized spacial score (nSPS) is 10.9. The van der Waals surface area contributed by atoms with Gasteiger partial charge in [-0.2, -0.15) is 19.9 Å². The number of benzene rings is 2. The van der Waals surface area contributed by atoms with E-state index in [0.717, 1.165) is 38.8 Å². The van der Waals surface area contributed by atoms with E-state index in [1.54, 1.807) is 0 Å². The van der Waals surface area contributed by atoms with Crippen LogP contribution < -0.4 is 20.1 Å². The van der Waals surface area contributed by atoms with E-state index in [1.807, 2.05) is 60.7 Å². The molecule has 0 amide bonds. The number of aromatic amines is 2. The second-order valence-corrected chi connectivity index (χ2v) is 11.0. The highest BCUT2D eigenvalue weighted by atomic mass is 32.2. The molecular weight excluding hydrogens is 585 g/mol. The summed E-state index contributed by atoms with van der Waals surface area (Å²) in [6.45, 7) is 1.87. The molecule has 0 saturated heterocycles. The number of nitrogens with one attached hydrogen (secondary N) is 4. The molecule has 14 heteroatoms. The molecule has 0 unspecified atom stereocenters. The summed E-state index contributed by atoms with van der Waals surface area (Å²) in [5.41, 5.74) is 0. The first-order valence-corrected chi connectivity index (χ1v) is 15.5. The van der Waals surface area contributed by atoms with Gasteiger partial charge in [-0.3, -0.25) is 9.97 Å². The molecule has 4 aromatic rings. The Labute approximate surface area is 251 Å². The van der Waals surface area contributed by atoms with Crippen molar-refractivity contribution in [2.45, 2.75) is 36.0 Å². The molecule has 40 heavy (non-hydrogen) atoms. The maximum Gasteiger partial charge on any atom is 0.303 e. The Bertz CT molecular complexity index is 1310. The van der Waals surface area contributed by atoms with Gasteiger partial charge in [0.25, 0.3) is 0 Å². The van der Waals surface area contributed by atoms with E-state index in [0.29, 0.717) is 55.1 Å². The molecule has 0 fully saturated rings. The fourth-order valence-corrected chi connectivity index (χ4v) is 5.17. The highest BCUT2D eigenvalue weighted by molar-refractivity contribution is 7.99. The minimum absolute atomic E-state index is 0.336. The minimum atomic E-state index is 0.336. The van der Waals surface area contributed by atoms with E-state index in [2.05, 4.69) is 40.5 Å². The Balaban J connectivity index is 1.03. The van der Waals surface area contributed by atoms with Crippen LogP contribution in [0.5, 0.6) is 23.5 Å². The second-order valence-electron chi connectivity index (χ2n) is 8.30. The van der Waals surface area contributed by atoms with E-state index < -0.39 is 0 Å². The molecule has 0 saturated carbocycles. The number of nitrogens with zero attached hydrogens (tertiary/aromatic N) is 4. The highest BCUT2D eigenvalue weighted by Crippen LogP contribution is 2.20. The van der Waals surface area contributed by atoms with Gasteiger partial charge < -0.3 is 20.1 Å². The van der Waals surface area contributed by atoms with Crippen LogP contribution in [0.15, 0.2) is 71.0 Å². The van der Waals surface area contributed by atoms with E-state index in [4.69, 9.17) is 33.9 Å². The van der Waals surface area contributed by atoms with Crippen molar-refractivity contribution in [3.63, 3.8) is 0 Å². The summed E-state index contributed by atoms with van der Waals surface area (Å²) in [5.74, 6) is 2.78. The van der Waals surface area contributed by atoms with Crippen LogP contribution in [-0.2, 0) is 0 Å². The Morgan fingerprint density at radius 1 is 0.600 bits per heavy atom. The number of ether oxygens (including phenoxy) is 2. The Kier molecular flexibility index (Phi) is 12.8. The second kappa shape index (κ2) is 17.0. The standard InChI is InChI=1S/C26H30N8O2S4/c37-23-29-21(35-19-11-5-3-6-12-19)31-25(33-23)39-17-27-15-9-1-2-10-16-28-18-40-26-32-22(30-24(38)34-26)36-20-13-7-4-8-14-20/h3-8,11-14,27-28H,1-2,9-10,15-18H2,(H,29,31,33,37)(H,30,32,34,38).